The first-order valence-corrected chi connectivity index (χ1v) is 12.2. The average molecular weight is 558 g/mol. The summed E-state index contributed by atoms with van der Waals surface area (Å²) in [4.78, 5) is 36.1. The molecule has 2 N–H and O–H groups in total. The van der Waals surface area contributed by atoms with Crippen molar-refractivity contribution in [3.05, 3.63) is 59.7 Å². The Labute approximate surface area is 263 Å². The molecule has 1 atom stereocenters. The van der Waals surface area contributed by atoms with Gasteiger partial charge in [-0.1, -0.05) is 48.5 Å². The SMILES string of the molecule is CC(C)(C)OC(=O)NCCCC[C@H](NC(=O)OCC1c2ccccc2-c2ccccc21)C(=O)[B-](F)(F)F.[K+]. The first kappa shape index (κ1) is 32.4. The maximum absolute atomic E-state index is 13.2. The van der Waals surface area contributed by atoms with E-state index in [9.17, 15) is 27.3 Å². The Bertz CT molecular complexity index is 1090. The van der Waals surface area contributed by atoms with Crippen molar-refractivity contribution in [1.29, 1.82) is 0 Å². The molecule has 0 heterocycles. The van der Waals surface area contributed by atoms with Crippen LogP contribution in [0.3, 0.4) is 0 Å². The Kier molecular flexibility index (Phi) is 11.9. The van der Waals surface area contributed by atoms with Gasteiger partial charge in [-0.3, -0.25) is 0 Å². The van der Waals surface area contributed by atoms with Gasteiger partial charge in [0, 0.05) is 12.5 Å². The van der Waals surface area contributed by atoms with Crippen LogP contribution >= 0.6 is 0 Å². The molecule has 7 nitrogen and oxygen atoms in total. The summed E-state index contributed by atoms with van der Waals surface area (Å²) < 4.78 is 50.0. The molecule has 12 heteroatoms. The van der Waals surface area contributed by atoms with E-state index in [0.717, 1.165) is 22.3 Å². The molecular formula is C26H31BF3KN2O5. The number of nitrogens with one attached hydrogen (secondary N) is 2. The third kappa shape index (κ3) is 9.11. The molecule has 2 aromatic rings. The molecule has 0 saturated heterocycles. The van der Waals surface area contributed by atoms with Gasteiger partial charge in [0.15, 0.2) is 0 Å². The van der Waals surface area contributed by atoms with E-state index in [1.54, 1.807) is 20.8 Å². The number of benzene rings is 2. The Morgan fingerprint density at radius 2 is 1.47 bits per heavy atom. The van der Waals surface area contributed by atoms with Crippen molar-refractivity contribution in [2.24, 2.45) is 0 Å². The normalized spacial score (nSPS) is 13.4. The fraction of sp³-hybridized carbons (Fsp3) is 0.423. The van der Waals surface area contributed by atoms with Crippen LogP contribution in [-0.2, 0) is 14.3 Å². The number of alkyl carbamates (subject to hydrolysis) is 2. The standard InChI is InChI=1S/C26H31BF3N2O5.K/c1-26(2,3)37-24(34)31-15-9-8-14-22(23(33)27(28,29)30)32-25(35)36-16-21-19-12-6-4-10-17(19)18-11-5-7-13-20(18)21;/h4-7,10-13,21-22H,8-9,14-16H2,1-3H3,(H,31,34)(H,32,35);/q-1;+1/t22-;/m0./s1. The molecule has 2 amide bonds. The zero-order valence-corrected chi connectivity index (χ0v) is 25.2. The summed E-state index contributed by atoms with van der Waals surface area (Å²) >= 11 is 0. The maximum atomic E-state index is 13.2. The minimum atomic E-state index is -5.80. The topological polar surface area (TPSA) is 93.7 Å². The largest absolute Gasteiger partial charge is 1.00 e. The van der Waals surface area contributed by atoms with Gasteiger partial charge in [0.1, 0.15) is 12.2 Å². The van der Waals surface area contributed by atoms with E-state index in [0.29, 0.717) is 6.42 Å². The summed E-state index contributed by atoms with van der Waals surface area (Å²) in [5, 5.41) is 4.60. The third-order valence-electron chi connectivity index (χ3n) is 5.89. The van der Waals surface area contributed by atoms with Crippen LogP contribution in [0.1, 0.15) is 57.1 Å². The van der Waals surface area contributed by atoms with Gasteiger partial charge in [-0.2, -0.15) is 0 Å². The molecule has 0 bridgehead atoms. The minimum Gasteiger partial charge on any atom is -0.449 e. The molecule has 0 fully saturated rings. The zero-order valence-electron chi connectivity index (χ0n) is 22.1. The molecule has 0 aliphatic heterocycles. The second-order valence-corrected chi connectivity index (χ2v) is 9.92. The van der Waals surface area contributed by atoms with Crippen molar-refractivity contribution in [1.82, 2.24) is 10.6 Å². The molecule has 0 radical (unpaired) electrons. The smallest absolute Gasteiger partial charge is 0.449 e. The molecule has 2 aromatic carbocycles. The van der Waals surface area contributed by atoms with E-state index in [2.05, 4.69) is 10.6 Å². The predicted octanol–water partition coefficient (Wildman–Crippen LogP) is 2.55. The van der Waals surface area contributed by atoms with Crippen LogP contribution in [0.2, 0.25) is 0 Å². The molecule has 0 unspecified atom stereocenters. The van der Waals surface area contributed by atoms with E-state index in [4.69, 9.17) is 9.47 Å². The third-order valence-corrected chi connectivity index (χ3v) is 5.89. The van der Waals surface area contributed by atoms with Crippen LogP contribution in [0.5, 0.6) is 0 Å². The van der Waals surface area contributed by atoms with Gasteiger partial charge >= 0.3 is 70.5 Å². The van der Waals surface area contributed by atoms with Crippen molar-refractivity contribution < 1.29 is 88.2 Å². The summed E-state index contributed by atoms with van der Waals surface area (Å²) in [7, 11) is 0. The number of hydrogen-bond donors (Lipinski definition) is 2. The van der Waals surface area contributed by atoms with Crippen LogP contribution in [0.4, 0.5) is 22.5 Å². The maximum Gasteiger partial charge on any atom is 1.00 e. The number of unbranched alkanes of at least 4 members (excludes halogenated alkanes) is 1. The molecule has 1 aliphatic carbocycles. The first-order valence-electron chi connectivity index (χ1n) is 12.2. The molecule has 38 heavy (non-hydrogen) atoms. The fourth-order valence-corrected chi connectivity index (χ4v) is 4.27. The van der Waals surface area contributed by atoms with Gasteiger partial charge < -0.3 is 37.8 Å². The van der Waals surface area contributed by atoms with E-state index >= 15 is 0 Å². The summed E-state index contributed by atoms with van der Waals surface area (Å²) in [6.07, 6.45) is -1.54. The van der Waals surface area contributed by atoms with E-state index < -0.39 is 36.5 Å². The van der Waals surface area contributed by atoms with Crippen molar-refractivity contribution in [2.45, 2.75) is 57.6 Å². The van der Waals surface area contributed by atoms with Gasteiger partial charge in [-0.15, -0.1) is 0 Å². The van der Waals surface area contributed by atoms with E-state index in [1.807, 2.05) is 48.5 Å². The van der Waals surface area contributed by atoms with Crippen LogP contribution in [0.15, 0.2) is 48.5 Å². The zero-order chi connectivity index (χ0) is 27.2. The average Bonchev–Trinajstić information content (AvgIpc) is 3.13. The van der Waals surface area contributed by atoms with Gasteiger partial charge in [-0.25, -0.2) is 9.59 Å². The second kappa shape index (κ2) is 14.0. The molecule has 0 aromatic heterocycles. The van der Waals surface area contributed by atoms with Crippen LogP contribution in [0.25, 0.3) is 11.1 Å². The summed E-state index contributed by atoms with van der Waals surface area (Å²) in [5.41, 5.74) is 1.28. The molecule has 3 rings (SSSR count). The quantitative estimate of drug-likeness (QED) is 0.346. The van der Waals surface area contributed by atoms with Crippen LogP contribution < -0.4 is 62.0 Å². The van der Waals surface area contributed by atoms with E-state index in [-0.39, 0.29) is 83.3 Å². The van der Waals surface area contributed by atoms with Crippen molar-refractivity contribution in [3.63, 3.8) is 0 Å². The predicted molar refractivity (Wildman–Crippen MR) is 134 cm³/mol. The number of rotatable bonds is 10. The number of carbonyl (C=O) groups excluding carboxylic acids is 3. The monoisotopic (exact) mass is 558 g/mol. The molecule has 200 valence electrons. The Morgan fingerprint density at radius 1 is 0.921 bits per heavy atom. The molecule has 0 saturated carbocycles. The fourth-order valence-electron chi connectivity index (χ4n) is 4.27. The number of amides is 2. The first-order chi connectivity index (χ1) is 17.4. The molecular weight excluding hydrogens is 527 g/mol. The van der Waals surface area contributed by atoms with Gasteiger partial charge in [0.2, 0.25) is 0 Å². The number of halogens is 3. The second-order valence-electron chi connectivity index (χ2n) is 9.92. The molecule has 0 spiro atoms. The summed E-state index contributed by atoms with van der Waals surface area (Å²) in [5.74, 6) is -0.266. The molecule has 1 aliphatic rings. The Hall–Kier alpha value is -1.86. The Balaban J connectivity index is 0.00000507. The van der Waals surface area contributed by atoms with Crippen LogP contribution in [-0.4, -0.2) is 49.6 Å². The van der Waals surface area contributed by atoms with Gasteiger partial charge in [0.05, 0.1) is 11.7 Å². The van der Waals surface area contributed by atoms with E-state index in [1.165, 1.54) is 0 Å². The minimum absolute atomic E-state index is 0. The number of fused-ring (bicyclic) bond motifs is 3. The van der Waals surface area contributed by atoms with Gasteiger partial charge in [-0.05, 0) is 62.3 Å². The van der Waals surface area contributed by atoms with Crippen LogP contribution in [0, 0.1) is 0 Å². The van der Waals surface area contributed by atoms with Crippen molar-refractivity contribution in [2.75, 3.05) is 13.2 Å². The van der Waals surface area contributed by atoms with Gasteiger partial charge in [0.25, 0.3) is 0 Å². The number of ether oxygens (including phenoxy) is 2. The Morgan fingerprint density at radius 3 is 2.00 bits per heavy atom. The van der Waals surface area contributed by atoms with Crippen molar-refractivity contribution >= 4 is 24.8 Å². The summed E-state index contributed by atoms with van der Waals surface area (Å²) in [6.45, 7) is -0.624. The number of hydrogen-bond acceptors (Lipinski definition) is 5. The number of carbonyl (C=O) groups is 3. The van der Waals surface area contributed by atoms with Crippen molar-refractivity contribution in [3.8, 4) is 11.1 Å². The summed E-state index contributed by atoms with van der Waals surface area (Å²) in [6, 6.07) is 13.6.